The number of amides is 2. The molecule has 0 fully saturated rings. The summed E-state index contributed by atoms with van der Waals surface area (Å²) in [6, 6.07) is 13.1. The van der Waals surface area contributed by atoms with Gasteiger partial charge in [0.15, 0.2) is 17.4 Å². The van der Waals surface area contributed by atoms with Crippen LogP contribution in [0.5, 0.6) is 11.8 Å². The number of aryl methyl sites for hydroxylation is 1. The summed E-state index contributed by atoms with van der Waals surface area (Å²) in [4.78, 5) is 36.4. The number of hydrogen-bond donors (Lipinski definition) is 3. The van der Waals surface area contributed by atoms with Gasteiger partial charge in [-0.25, -0.2) is 23.7 Å². The van der Waals surface area contributed by atoms with Crippen LogP contribution in [0.1, 0.15) is 16.1 Å². The van der Waals surface area contributed by atoms with Crippen molar-refractivity contribution < 1.29 is 23.1 Å². The molecule has 0 bridgehead atoms. The number of carbonyl (C=O) groups is 2. The number of aromatic nitrogens is 3. The average Bonchev–Trinajstić information content (AvgIpc) is 2.86. The lowest BCUT2D eigenvalue weighted by Gasteiger charge is -2.14. The van der Waals surface area contributed by atoms with E-state index in [-0.39, 0.29) is 28.8 Å². The van der Waals surface area contributed by atoms with E-state index in [9.17, 15) is 18.4 Å². The molecular formula is C26H20F2N6O3. The Kier molecular flexibility index (Phi) is 7.14. The lowest BCUT2D eigenvalue weighted by molar-refractivity contribution is -0.114. The summed E-state index contributed by atoms with van der Waals surface area (Å²) in [5.41, 5.74) is 8.20. The van der Waals surface area contributed by atoms with Gasteiger partial charge in [0.25, 0.3) is 11.8 Å². The number of nitrogen functional groups attached to an aromatic ring is 1. The first-order chi connectivity index (χ1) is 17.7. The van der Waals surface area contributed by atoms with Gasteiger partial charge in [-0.1, -0.05) is 12.6 Å². The molecule has 0 aliphatic carbocycles. The van der Waals surface area contributed by atoms with Gasteiger partial charge in [-0.2, -0.15) is 0 Å². The van der Waals surface area contributed by atoms with Crippen molar-refractivity contribution in [2.75, 3.05) is 16.4 Å². The molecule has 11 heteroatoms. The molecular weight excluding hydrogens is 482 g/mol. The zero-order chi connectivity index (χ0) is 26.5. The number of nitrogens with zero attached hydrogens (tertiary/aromatic N) is 3. The number of carbonyl (C=O) groups excluding carboxylic acids is 2. The van der Waals surface area contributed by atoms with Crippen LogP contribution in [0.2, 0.25) is 0 Å². The van der Waals surface area contributed by atoms with Crippen molar-refractivity contribution >= 4 is 29.0 Å². The fourth-order valence-electron chi connectivity index (χ4n) is 3.30. The Morgan fingerprint density at radius 3 is 2.41 bits per heavy atom. The molecule has 2 heterocycles. The molecule has 2 aromatic carbocycles. The SMILES string of the molecule is C=C(F)C(=O)Nc1ccc(C(=O)Nc2ccnc(N)c2-c2ccc(Oc3nccc(C)n3)c(F)c2)cc1. The van der Waals surface area contributed by atoms with Crippen LogP contribution in [-0.2, 0) is 4.79 Å². The van der Waals surface area contributed by atoms with Gasteiger partial charge in [0.1, 0.15) is 5.82 Å². The standard InChI is InChI=1S/C26H20F2N6O3/c1-14-9-11-31-26(32-14)37-21-8-5-17(13-19(21)28)22-20(10-12-30-23(22)29)34-25(36)16-3-6-18(7-4-16)33-24(35)15(2)27/h3-13H,2H2,1H3,(H,33,35)(H3,29,30,34,36). The van der Waals surface area contributed by atoms with Crippen molar-refractivity contribution in [3.8, 4) is 22.9 Å². The van der Waals surface area contributed by atoms with E-state index < -0.39 is 23.5 Å². The summed E-state index contributed by atoms with van der Waals surface area (Å²) in [5.74, 6) is -3.34. The molecule has 0 spiro atoms. The predicted molar refractivity (Wildman–Crippen MR) is 134 cm³/mol. The smallest absolute Gasteiger partial charge is 0.322 e. The molecule has 0 aliphatic heterocycles. The van der Waals surface area contributed by atoms with Gasteiger partial charge in [0.05, 0.1) is 5.69 Å². The van der Waals surface area contributed by atoms with E-state index in [1.54, 1.807) is 19.1 Å². The van der Waals surface area contributed by atoms with Crippen molar-refractivity contribution in [3.05, 3.63) is 96.5 Å². The molecule has 2 amide bonds. The molecule has 0 radical (unpaired) electrons. The molecule has 186 valence electrons. The molecule has 0 unspecified atom stereocenters. The van der Waals surface area contributed by atoms with Crippen LogP contribution in [0.4, 0.5) is 26.0 Å². The van der Waals surface area contributed by atoms with E-state index in [2.05, 4.69) is 32.2 Å². The predicted octanol–water partition coefficient (Wildman–Crippen LogP) is 5.03. The van der Waals surface area contributed by atoms with Crippen molar-refractivity contribution in [2.24, 2.45) is 0 Å². The third-order valence-electron chi connectivity index (χ3n) is 5.07. The molecule has 2 aromatic heterocycles. The van der Waals surface area contributed by atoms with Gasteiger partial charge in [0, 0.05) is 34.9 Å². The Balaban J connectivity index is 1.56. The molecule has 37 heavy (non-hydrogen) atoms. The number of hydrogen-bond acceptors (Lipinski definition) is 7. The zero-order valence-corrected chi connectivity index (χ0v) is 19.5. The number of nitrogens with two attached hydrogens (primary N) is 1. The topological polar surface area (TPSA) is 132 Å². The second kappa shape index (κ2) is 10.6. The van der Waals surface area contributed by atoms with Gasteiger partial charge in [-0.15, -0.1) is 0 Å². The van der Waals surface area contributed by atoms with E-state index in [0.29, 0.717) is 22.5 Å². The average molecular weight is 502 g/mol. The fraction of sp³-hybridized carbons (Fsp3) is 0.0385. The minimum atomic E-state index is -1.14. The normalized spacial score (nSPS) is 10.5. The number of rotatable bonds is 7. The van der Waals surface area contributed by atoms with E-state index in [1.165, 1.54) is 54.9 Å². The number of halogens is 2. The minimum absolute atomic E-state index is 0.000653. The van der Waals surface area contributed by atoms with Gasteiger partial charge in [-0.3, -0.25) is 9.59 Å². The number of anilines is 3. The summed E-state index contributed by atoms with van der Waals surface area (Å²) in [7, 11) is 0. The molecule has 9 nitrogen and oxygen atoms in total. The van der Waals surface area contributed by atoms with Crippen LogP contribution in [0.3, 0.4) is 0 Å². The zero-order valence-electron chi connectivity index (χ0n) is 19.5. The number of pyridine rings is 1. The van der Waals surface area contributed by atoms with Crippen molar-refractivity contribution in [1.29, 1.82) is 0 Å². The first-order valence-electron chi connectivity index (χ1n) is 10.8. The third-order valence-corrected chi connectivity index (χ3v) is 5.07. The molecule has 0 aliphatic rings. The number of nitrogens with one attached hydrogen (secondary N) is 2. The Hall–Kier alpha value is -5.19. The summed E-state index contributed by atoms with van der Waals surface area (Å²) >= 11 is 0. The van der Waals surface area contributed by atoms with E-state index in [1.807, 2.05) is 0 Å². The van der Waals surface area contributed by atoms with Crippen molar-refractivity contribution in [1.82, 2.24) is 15.0 Å². The highest BCUT2D eigenvalue weighted by Crippen LogP contribution is 2.35. The number of ether oxygens (including phenoxy) is 1. The molecule has 0 saturated carbocycles. The lowest BCUT2D eigenvalue weighted by atomic mass is 10.0. The third kappa shape index (κ3) is 5.90. The van der Waals surface area contributed by atoms with Gasteiger partial charge in [0.2, 0.25) is 0 Å². The Labute approximate surface area is 210 Å². The molecule has 0 saturated heterocycles. The van der Waals surface area contributed by atoms with Crippen LogP contribution >= 0.6 is 0 Å². The number of benzene rings is 2. The first-order valence-corrected chi connectivity index (χ1v) is 10.8. The summed E-state index contributed by atoms with van der Waals surface area (Å²) in [6.45, 7) is 4.68. The fourth-order valence-corrected chi connectivity index (χ4v) is 3.30. The van der Waals surface area contributed by atoms with Crippen LogP contribution in [0.15, 0.2) is 79.4 Å². The largest absolute Gasteiger partial charge is 0.421 e. The highest BCUT2D eigenvalue weighted by atomic mass is 19.1. The van der Waals surface area contributed by atoms with Crippen LogP contribution < -0.4 is 21.1 Å². The van der Waals surface area contributed by atoms with E-state index in [0.717, 1.165) is 0 Å². The van der Waals surface area contributed by atoms with Crippen LogP contribution in [0, 0.1) is 12.7 Å². The van der Waals surface area contributed by atoms with Gasteiger partial charge < -0.3 is 21.1 Å². The van der Waals surface area contributed by atoms with Crippen LogP contribution in [0.25, 0.3) is 11.1 Å². The maximum atomic E-state index is 14.9. The first kappa shape index (κ1) is 24.9. The monoisotopic (exact) mass is 502 g/mol. The summed E-state index contributed by atoms with van der Waals surface area (Å²) in [6.07, 6.45) is 2.90. The van der Waals surface area contributed by atoms with Gasteiger partial charge >= 0.3 is 6.01 Å². The Bertz CT molecular complexity index is 1510. The maximum Gasteiger partial charge on any atom is 0.322 e. The summed E-state index contributed by atoms with van der Waals surface area (Å²) in [5, 5.41) is 5.03. The van der Waals surface area contributed by atoms with E-state index in [4.69, 9.17) is 10.5 Å². The van der Waals surface area contributed by atoms with Crippen molar-refractivity contribution in [3.63, 3.8) is 0 Å². The Morgan fingerprint density at radius 2 is 1.73 bits per heavy atom. The van der Waals surface area contributed by atoms with Crippen molar-refractivity contribution in [2.45, 2.75) is 6.92 Å². The summed E-state index contributed by atoms with van der Waals surface area (Å²) < 4.78 is 33.2. The highest BCUT2D eigenvalue weighted by Gasteiger charge is 2.17. The molecule has 4 N–H and O–H groups in total. The maximum absolute atomic E-state index is 14.9. The quantitative estimate of drug-likeness (QED) is 0.302. The highest BCUT2D eigenvalue weighted by molar-refractivity contribution is 6.07. The Morgan fingerprint density at radius 1 is 1.00 bits per heavy atom. The molecule has 4 rings (SSSR count). The second-order valence-electron chi connectivity index (χ2n) is 7.74. The lowest BCUT2D eigenvalue weighted by Crippen LogP contribution is -2.14. The minimum Gasteiger partial charge on any atom is -0.421 e. The molecule has 4 aromatic rings. The van der Waals surface area contributed by atoms with E-state index >= 15 is 0 Å². The molecule has 0 atom stereocenters. The van der Waals surface area contributed by atoms with Gasteiger partial charge in [-0.05, 0) is 61.0 Å². The van der Waals surface area contributed by atoms with Crippen LogP contribution in [-0.4, -0.2) is 26.8 Å². The second-order valence-corrected chi connectivity index (χ2v) is 7.74.